The molecule has 0 saturated heterocycles. The third-order valence-electron chi connectivity index (χ3n) is 4.57. The third kappa shape index (κ3) is 5.57. The molecule has 0 atom stereocenters. The maximum atomic E-state index is 12.6. The number of rotatable bonds is 8. The summed E-state index contributed by atoms with van der Waals surface area (Å²) in [5.74, 6) is 0.703. The molecule has 0 bridgehead atoms. The van der Waals surface area contributed by atoms with Crippen LogP contribution >= 0.6 is 0 Å². The number of hydrogen-bond donors (Lipinski definition) is 2. The molecule has 1 fully saturated rings. The molecule has 1 saturated carbocycles. The highest BCUT2D eigenvalue weighted by Crippen LogP contribution is 2.30. The first kappa shape index (κ1) is 19.4. The number of hydrogen-bond acceptors (Lipinski definition) is 3. The molecule has 0 aromatic heterocycles. The number of aryl methyl sites for hydroxylation is 1. The fourth-order valence-corrected chi connectivity index (χ4v) is 3.80. The highest BCUT2D eigenvalue weighted by atomic mass is 32.2. The first-order valence-electron chi connectivity index (χ1n) is 9.36. The molecule has 0 radical (unpaired) electrons. The predicted molar refractivity (Wildman–Crippen MR) is 108 cm³/mol. The monoisotopic (exact) mass is 386 g/mol. The van der Waals surface area contributed by atoms with Gasteiger partial charge in [0.25, 0.3) is 10.0 Å². The number of nitrogens with one attached hydrogen (secondary N) is 2. The average molecular weight is 387 g/mol. The summed E-state index contributed by atoms with van der Waals surface area (Å²) in [5, 5.41) is 2.83. The van der Waals surface area contributed by atoms with Crippen molar-refractivity contribution in [2.24, 2.45) is 11.8 Å². The Morgan fingerprint density at radius 1 is 1.07 bits per heavy atom. The zero-order chi connectivity index (χ0) is 19.4. The molecule has 27 heavy (non-hydrogen) atoms. The zero-order valence-electron chi connectivity index (χ0n) is 15.7. The summed E-state index contributed by atoms with van der Waals surface area (Å²) >= 11 is 0. The van der Waals surface area contributed by atoms with Crippen LogP contribution in [0.1, 0.15) is 38.7 Å². The van der Waals surface area contributed by atoms with Crippen molar-refractivity contribution < 1.29 is 13.2 Å². The topological polar surface area (TPSA) is 75.3 Å². The van der Waals surface area contributed by atoms with Gasteiger partial charge in [-0.25, -0.2) is 8.42 Å². The minimum absolute atomic E-state index is 0.00741. The van der Waals surface area contributed by atoms with E-state index in [0.717, 1.165) is 31.2 Å². The van der Waals surface area contributed by atoms with Gasteiger partial charge in [-0.05, 0) is 67.5 Å². The van der Waals surface area contributed by atoms with Gasteiger partial charge in [0.05, 0.1) is 10.6 Å². The van der Waals surface area contributed by atoms with Gasteiger partial charge in [-0.2, -0.15) is 0 Å². The van der Waals surface area contributed by atoms with E-state index in [-0.39, 0.29) is 16.7 Å². The van der Waals surface area contributed by atoms with E-state index in [2.05, 4.69) is 23.9 Å². The molecule has 2 N–H and O–H groups in total. The molecule has 6 heteroatoms. The van der Waals surface area contributed by atoms with Crippen molar-refractivity contribution in [3.63, 3.8) is 0 Å². The number of sulfonamides is 1. The van der Waals surface area contributed by atoms with Gasteiger partial charge in [0.2, 0.25) is 5.91 Å². The summed E-state index contributed by atoms with van der Waals surface area (Å²) in [6, 6.07) is 13.8. The average Bonchev–Trinajstić information content (AvgIpc) is 3.45. The second-order valence-corrected chi connectivity index (χ2v) is 9.21. The molecular formula is C21H26N2O3S. The lowest BCUT2D eigenvalue weighted by Gasteiger charge is -2.11. The number of anilines is 2. The zero-order valence-corrected chi connectivity index (χ0v) is 16.6. The Morgan fingerprint density at radius 2 is 1.74 bits per heavy atom. The van der Waals surface area contributed by atoms with Crippen LogP contribution in [0, 0.1) is 11.8 Å². The quantitative estimate of drug-likeness (QED) is 0.705. The van der Waals surface area contributed by atoms with Gasteiger partial charge in [-0.3, -0.25) is 9.52 Å². The van der Waals surface area contributed by atoms with Crippen molar-refractivity contribution in [3.05, 3.63) is 54.1 Å². The maximum absolute atomic E-state index is 12.6. The van der Waals surface area contributed by atoms with E-state index in [9.17, 15) is 13.2 Å². The van der Waals surface area contributed by atoms with E-state index in [1.165, 1.54) is 0 Å². The van der Waals surface area contributed by atoms with Crippen LogP contribution in [0.2, 0.25) is 0 Å². The van der Waals surface area contributed by atoms with Gasteiger partial charge in [-0.1, -0.05) is 32.0 Å². The molecule has 144 valence electrons. The Bertz CT molecular complexity index is 901. The molecule has 3 rings (SSSR count). The third-order valence-corrected chi connectivity index (χ3v) is 5.97. The first-order valence-corrected chi connectivity index (χ1v) is 10.8. The molecule has 1 aliphatic rings. The molecule has 0 unspecified atom stereocenters. The van der Waals surface area contributed by atoms with Crippen LogP contribution in [0.5, 0.6) is 0 Å². The van der Waals surface area contributed by atoms with Crippen molar-refractivity contribution in [2.75, 3.05) is 10.0 Å². The molecule has 1 aliphatic carbocycles. The summed E-state index contributed by atoms with van der Waals surface area (Å²) in [7, 11) is -3.67. The summed E-state index contributed by atoms with van der Waals surface area (Å²) in [5.41, 5.74) is 2.15. The van der Waals surface area contributed by atoms with Gasteiger partial charge < -0.3 is 5.32 Å². The molecule has 0 aliphatic heterocycles. The highest BCUT2D eigenvalue weighted by molar-refractivity contribution is 7.92. The van der Waals surface area contributed by atoms with Crippen molar-refractivity contribution >= 4 is 27.3 Å². The minimum atomic E-state index is -3.67. The largest absolute Gasteiger partial charge is 0.326 e. The second-order valence-electron chi connectivity index (χ2n) is 7.53. The fraction of sp³-hybridized carbons (Fsp3) is 0.381. The van der Waals surface area contributed by atoms with Crippen molar-refractivity contribution in [1.29, 1.82) is 0 Å². The van der Waals surface area contributed by atoms with Crippen molar-refractivity contribution in [3.8, 4) is 0 Å². The van der Waals surface area contributed by atoms with Gasteiger partial charge in [0, 0.05) is 11.6 Å². The number of amides is 1. The number of carbonyl (C=O) groups excluding carboxylic acids is 1. The minimum Gasteiger partial charge on any atom is -0.326 e. The summed E-state index contributed by atoms with van der Waals surface area (Å²) in [6.07, 6.45) is 3.86. The van der Waals surface area contributed by atoms with Crippen molar-refractivity contribution in [2.45, 2.75) is 44.4 Å². The van der Waals surface area contributed by atoms with Crippen LogP contribution in [0.4, 0.5) is 11.4 Å². The lowest BCUT2D eigenvalue weighted by atomic mass is 10.0. The van der Waals surface area contributed by atoms with Crippen LogP contribution < -0.4 is 10.0 Å². The smallest absolute Gasteiger partial charge is 0.261 e. The van der Waals surface area contributed by atoms with Crippen LogP contribution in [0.3, 0.4) is 0 Å². The van der Waals surface area contributed by atoms with E-state index in [0.29, 0.717) is 17.3 Å². The normalized spacial score (nSPS) is 14.2. The van der Waals surface area contributed by atoms with Gasteiger partial charge in [0.15, 0.2) is 0 Å². The molecule has 0 heterocycles. The van der Waals surface area contributed by atoms with Gasteiger partial charge >= 0.3 is 0 Å². The molecule has 1 amide bonds. The summed E-state index contributed by atoms with van der Waals surface area (Å²) in [6.45, 7) is 4.34. The lowest BCUT2D eigenvalue weighted by molar-refractivity contribution is -0.117. The van der Waals surface area contributed by atoms with E-state index in [1.54, 1.807) is 36.4 Å². The Balaban J connectivity index is 1.67. The van der Waals surface area contributed by atoms with E-state index in [1.807, 2.05) is 12.1 Å². The Hall–Kier alpha value is -2.34. The number of benzene rings is 2. The van der Waals surface area contributed by atoms with Gasteiger partial charge in [0.1, 0.15) is 0 Å². The van der Waals surface area contributed by atoms with Crippen molar-refractivity contribution in [1.82, 2.24) is 0 Å². The van der Waals surface area contributed by atoms with Crippen LogP contribution in [-0.4, -0.2) is 14.3 Å². The molecule has 0 spiro atoms. The Labute approximate surface area is 161 Å². The number of carbonyl (C=O) groups is 1. The molecular weight excluding hydrogens is 360 g/mol. The van der Waals surface area contributed by atoms with E-state index < -0.39 is 10.0 Å². The standard InChI is InChI=1S/C21H26N2O3S/c1-15(2)6-7-16-8-12-20(13-9-16)27(25,26)23-19-5-3-4-18(14-19)22-21(24)17-10-11-17/h3-5,8-9,12-15,17,23H,6-7,10-11H2,1-2H3,(H,22,24). The highest BCUT2D eigenvalue weighted by Gasteiger charge is 2.29. The molecule has 5 nitrogen and oxygen atoms in total. The summed E-state index contributed by atoms with van der Waals surface area (Å²) in [4.78, 5) is 12.1. The van der Waals surface area contributed by atoms with Crippen LogP contribution in [0.25, 0.3) is 0 Å². The first-order chi connectivity index (χ1) is 12.8. The molecule has 2 aromatic carbocycles. The Kier molecular flexibility index (Phi) is 5.85. The lowest BCUT2D eigenvalue weighted by Crippen LogP contribution is -2.15. The maximum Gasteiger partial charge on any atom is 0.261 e. The van der Waals surface area contributed by atoms with Crippen LogP contribution in [-0.2, 0) is 21.2 Å². The second kappa shape index (κ2) is 8.13. The Morgan fingerprint density at radius 3 is 2.37 bits per heavy atom. The van der Waals surface area contributed by atoms with Crippen LogP contribution in [0.15, 0.2) is 53.4 Å². The molecule has 2 aromatic rings. The van der Waals surface area contributed by atoms with Gasteiger partial charge in [-0.15, -0.1) is 0 Å². The fourth-order valence-electron chi connectivity index (χ4n) is 2.75. The van der Waals surface area contributed by atoms with E-state index in [4.69, 9.17) is 0 Å². The SMILES string of the molecule is CC(C)CCc1ccc(S(=O)(=O)Nc2cccc(NC(=O)C3CC3)c2)cc1. The van der Waals surface area contributed by atoms with E-state index >= 15 is 0 Å². The summed E-state index contributed by atoms with van der Waals surface area (Å²) < 4.78 is 27.8. The predicted octanol–water partition coefficient (Wildman–Crippen LogP) is 4.42.